The largest absolute Gasteiger partial charge is 0.369 e. The summed E-state index contributed by atoms with van der Waals surface area (Å²) in [5, 5.41) is 2.90. The van der Waals surface area contributed by atoms with Crippen molar-refractivity contribution in [1.29, 1.82) is 0 Å². The molecule has 140 valence electrons. The van der Waals surface area contributed by atoms with Crippen molar-refractivity contribution in [3.05, 3.63) is 46.1 Å². The van der Waals surface area contributed by atoms with Crippen LogP contribution in [0.4, 0.5) is 11.4 Å². The molecule has 0 saturated carbocycles. The van der Waals surface area contributed by atoms with Crippen LogP contribution in [0.1, 0.15) is 17.8 Å². The van der Waals surface area contributed by atoms with E-state index in [1.54, 1.807) is 4.57 Å². The molecule has 0 unspecified atom stereocenters. The van der Waals surface area contributed by atoms with E-state index in [1.165, 1.54) is 5.69 Å². The Bertz CT molecular complexity index is 813. The second kappa shape index (κ2) is 7.78. The highest BCUT2D eigenvalue weighted by Gasteiger charge is 2.14. The normalized spacial score (nSPS) is 15.3. The minimum Gasteiger partial charge on any atom is -0.369 e. The van der Waals surface area contributed by atoms with Crippen LogP contribution < -0.4 is 15.9 Å². The van der Waals surface area contributed by atoms with Crippen LogP contribution in [0.5, 0.6) is 0 Å². The molecule has 1 amide bonds. The van der Waals surface area contributed by atoms with Gasteiger partial charge in [-0.25, -0.2) is 4.79 Å². The van der Waals surface area contributed by atoms with E-state index in [0.717, 1.165) is 43.3 Å². The quantitative estimate of drug-likeness (QED) is 0.852. The van der Waals surface area contributed by atoms with Gasteiger partial charge in [0.2, 0.25) is 5.91 Å². The summed E-state index contributed by atoms with van der Waals surface area (Å²) in [7, 11) is 2.14. The van der Waals surface area contributed by atoms with Gasteiger partial charge in [-0.3, -0.25) is 9.36 Å². The first-order valence-corrected chi connectivity index (χ1v) is 9.03. The summed E-state index contributed by atoms with van der Waals surface area (Å²) in [5.74, 6) is -0.0949. The van der Waals surface area contributed by atoms with E-state index in [9.17, 15) is 9.59 Å². The number of aromatic nitrogens is 2. The number of aromatic amines is 1. The Morgan fingerprint density at radius 3 is 2.35 bits per heavy atom. The average molecular weight is 357 g/mol. The van der Waals surface area contributed by atoms with E-state index >= 15 is 0 Å². The summed E-state index contributed by atoms with van der Waals surface area (Å²) in [6.45, 7) is 8.28. The van der Waals surface area contributed by atoms with Crippen LogP contribution in [0.15, 0.2) is 29.1 Å². The van der Waals surface area contributed by atoms with Crippen molar-refractivity contribution in [2.45, 2.75) is 26.8 Å². The number of imidazole rings is 1. The highest BCUT2D eigenvalue weighted by molar-refractivity contribution is 5.90. The van der Waals surface area contributed by atoms with Gasteiger partial charge in [0.1, 0.15) is 0 Å². The predicted octanol–water partition coefficient (Wildman–Crippen LogP) is 1.57. The Labute approximate surface area is 153 Å². The molecule has 2 N–H and O–H groups in total. The lowest BCUT2D eigenvalue weighted by Crippen LogP contribution is -2.44. The number of carbonyl (C=O) groups excluding carboxylic acids is 1. The first-order valence-electron chi connectivity index (χ1n) is 9.03. The Balaban J connectivity index is 1.53. The van der Waals surface area contributed by atoms with Crippen LogP contribution in [0.2, 0.25) is 0 Å². The summed E-state index contributed by atoms with van der Waals surface area (Å²) in [4.78, 5) is 31.4. The molecule has 1 aromatic heterocycles. The zero-order valence-corrected chi connectivity index (χ0v) is 15.7. The van der Waals surface area contributed by atoms with E-state index in [4.69, 9.17) is 0 Å². The highest BCUT2D eigenvalue weighted by Crippen LogP contribution is 2.19. The number of hydrogen-bond donors (Lipinski definition) is 2. The fourth-order valence-corrected chi connectivity index (χ4v) is 3.20. The maximum atomic E-state index is 12.2. The fourth-order valence-electron chi connectivity index (χ4n) is 3.20. The maximum absolute atomic E-state index is 12.2. The van der Waals surface area contributed by atoms with Crippen LogP contribution >= 0.6 is 0 Å². The molecule has 7 heteroatoms. The molecule has 2 heterocycles. The lowest BCUT2D eigenvalue weighted by molar-refractivity contribution is -0.116. The van der Waals surface area contributed by atoms with Crippen molar-refractivity contribution in [2.75, 3.05) is 43.4 Å². The van der Waals surface area contributed by atoms with Gasteiger partial charge in [-0.1, -0.05) is 0 Å². The lowest BCUT2D eigenvalue weighted by Gasteiger charge is -2.34. The van der Waals surface area contributed by atoms with Gasteiger partial charge in [0.15, 0.2) is 0 Å². The third-order valence-corrected chi connectivity index (χ3v) is 5.07. The van der Waals surface area contributed by atoms with Crippen molar-refractivity contribution in [3.63, 3.8) is 0 Å². The number of rotatable bonds is 5. The van der Waals surface area contributed by atoms with Gasteiger partial charge in [0, 0.05) is 61.9 Å². The third-order valence-electron chi connectivity index (χ3n) is 5.07. The third kappa shape index (κ3) is 4.16. The Hall–Kier alpha value is -2.54. The van der Waals surface area contributed by atoms with Crippen molar-refractivity contribution in [2.24, 2.45) is 0 Å². The van der Waals surface area contributed by atoms with Gasteiger partial charge in [-0.05, 0) is 45.2 Å². The maximum Gasteiger partial charge on any atom is 0.325 e. The molecule has 1 aliphatic heterocycles. The second-order valence-electron chi connectivity index (χ2n) is 6.93. The topological polar surface area (TPSA) is 73.4 Å². The second-order valence-corrected chi connectivity index (χ2v) is 6.93. The van der Waals surface area contributed by atoms with E-state index in [-0.39, 0.29) is 18.0 Å². The number of nitrogens with one attached hydrogen (secondary N) is 2. The van der Waals surface area contributed by atoms with E-state index < -0.39 is 0 Å². The minimum atomic E-state index is -0.163. The molecule has 1 saturated heterocycles. The van der Waals surface area contributed by atoms with Crippen LogP contribution in [0, 0.1) is 13.8 Å². The summed E-state index contributed by atoms with van der Waals surface area (Å²) in [6.07, 6.45) is 0.262. The Morgan fingerprint density at radius 2 is 1.77 bits per heavy atom. The SMILES string of the molecule is Cc1[nH]c(=O)n(CCC(=O)Nc2ccc(N3CCN(C)CC3)cc2)c1C. The smallest absolute Gasteiger partial charge is 0.325 e. The zero-order valence-electron chi connectivity index (χ0n) is 15.7. The van der Waals surface area contributed by atoms with Gasteiger partial charge in [-0.2, -0.15) is 0 Å². The van der Waals surface area contributed by atoms with Gasteiger partial charge in [0.05, 0.1) is 0 Å². The van der Waals surface area contributed by atoms with Gasteiger partial charge in [-0.15, -0.1) is 0 Å². The number of H-pyrrole nitrogens is 1. The van der Waals surface area contributed by atoms with Gasteiger partial charge >= 0.3 is 5.69 Å². The van der Waals surface area contributed by atoms with Crippen molar-refractivity contribution >= 4 is 17.3 Å². The van der Waals surface area contributed by atoms with Crippen molar-refractivity contribution in [1.82, 2.24) is 14.5 Å². The molecule has 0 aliphatic carbocycles. The first-order chi connectivity index (χ1) is 12.4. The number of piperazine rings is 1. The molecule has 1 fully saturated rings. The number of hydrogen-bond acceptors (Lipinski definition) is 4. The lowest BCUT2D eigenvalue weighted by atomic mass is 10.2. The molecule has 0 spiro atoms. The van der Waals surface area contributed by atoms with E-state index in [2.05, 4.69) is 27.1 Å². The first kappa shape index (κ1) is 18.3. The molecule has 7 nitrogen and oxygen atoms in total. The van der Waals surface area contributed by atoms with Crippen LogP contribution in [0.25, 0.3) is 0 Å². The number of anilines is 2. The summed E-state index contributed by atoms with van der Waals surface area (Å²) >= 11 is 0. The summed E-state index contributed by atoms with van der Waals surface area (Å²) in [6, 6.07) is 7.96. The predicted molar refractivity (Wildman–Crippen MR) is 104 cm³/mol. The van der Waals surface area contributed by atoms with Gasteiger partial charge < -0.3 is 20.1 Å². The molecular weight excluding hydrogens is 330 g/mol. The fraction of sp³-hybridized carbons (Fsp3) is 0.474. The molecule has 0 radical (unpaired) electrons. The molecule has 0 bridgehead atoms. The molecule has 0 atom stereocenters. The van der Waals surface area contributed by atoms with Crippen LogP contribution in [-0.2, 0) is 11.3 Å². The molecule has 26 heavy (non-hydrogen) atoms. The molecule has 3 rings (SSSR count). The monoisotopic (exact) mass is 357 g/mol. The summed E-state index contributed by atoms with van der Waals surface area (Å²) in [5.41, 5.74) is 3.52. The summed E-state index contributed by atoms with van der Waals surface area (Å²) < 4.78 is 1.60. The van der Waals surface area contributed by atoms with Crippen molar-refractivity contribution in [3.8, 4) is 0 Å². The van der Waals surface area contributed by atoms with E-state index in [0.29, 0.717) is 6.54 Å². The number of nitrogens with zero attached hydrogens (tertiary/aromatic N) is 3. The molecule has 2 aromatic rings. The number of amides is 1. The number of aryl methyl sites for hydroxylation is 1. The molecule has 1 aromatic carbocycles. The zero-order chi connectivity index (χ0) is 18.7. The molecule has 1 aliphatic rings. The number of benzene rings is 1. The minimum absolute atomic E-state index is 0.0949. The Kier molecular flexibility index (Phi) is 5.46. The number of likely N-dealkylation sites (N-methyl/N-ethyl adjacent to an activating group) is 1. The highest BCUT2D eigenvalue weighted by atomic mass is 16.2. The van der Waals surface area contributed by atoms with E-state index in [1.807, 2.05) is 38.1 Å². The molecular formula is C19H27N5O2. The average Bonchev–Trinajstić information content (AvgIpc) is 2.87. The van der Waals surface area contributed by atoms with Crippen LogP contribution in [-0.4, -0.2) is 53.6 Å². The number of carbonyl (C=O) groups is 1. The Morgan fingerprint density at radius 1 is 1.12 bits per heavy atom. The standard InChI is InChI=1S/C19H27N5O2/c1-14-15(2)24(19(26)20-14)9-8-18(25)21-16-4-6-17(7-5-16)23-12-10-22(3)11-13-23/h4-7H,8-13H2,1-3H3,(H,20,26)(H,21,25). The van der Waals surface area contributed by atoms with Gasteiger partial charge in [0.25, 0.3) is 0 Å². The van der Waals surface area contributed by atoms with Crippen LogP contribution in [0.3, 0.4) is 0 Å². The van der Waals surface area contributed by atoms with Crippen molar-refractivity contribution < 1.29 is 4.79 Å².